The number of hydrogen-bond acceptors (Lipinski definition) is 1. The molecule has 0 aliphatic rings. The second kappa shape index (κ2) is 22.3. The van der Waals surface area contributed by atoms with Gasteiger partial charge < -0.3 is 4.90 Å². The first kappa shape index (κ1) is 28.7. The van der Waals surface area contributed by atoms with Gasteiger partial charge in [0.25, 0.3) is 0 Å². The molecule has 0 heterocycles. The zero-order valence-corrected chi connectivity index (χ0v) is 21.4. The summed E-state index contributed by atoms with van der Waals surface area (Å²) < 4.78 is 0. The SMILES string of the molecule is Br.CN(C)CCCCCCCCCCCCCCCCCCCc1ccccc1. The fourth-order valence-corrected chi connectivity index (χ4v) is 4.05. The Morgan fingerprint density at radius 1 is 0.483 bits per heavy atom. The van der Waals surface area contributed by atoms with Gasteiger partial charge in [-0.2, -0.15) is 0 Å². The number of rotatable bonds is 20. The lowest BCUT2D eigenvalue weighted by atomic mass is 10.0. The third kappa shape index (κ3) is 20.7. The second-order valence-electron chi connectivity index (χ2n) is 9.05. The average molecular weight is 469 g/mol. The predicted molar refractivity (Wildman–Crippen MR) is 138 cm³/mol. The van der Waals surface area contributed by atoms with Crippen LogP contribution in [0.1, 0.15) is 115 Å². The monoisotopic (exact) mass is 467 g/mol. The number of nitrogens with zero attached hydrogens (tertiary/aromatic N) is 1. The number of benzene rings is 1. The Balaban J connectivity index is 0.00000784. The van der Waals surface area contributed by atoms with Gasteiger partial charge in [0.1, 0.15) is 0 Å². The summed E-state index contributed by atoms with van der Waals surface area (Å²) in [6, 6.07) is 10.9. The van der Waals surface area contributed by atoms with E-state index < -0.39 is 0 Å². The molecule has 0 aromatic heterocycles. The first-order valence-corrected chi connectivity index (χ1v) is 12.5. The van der Waals surface area contributed by atoms with Crippen LogP contribution >= 0.6 is 17.0 Å². The van der Waals surface area contributed by atoms with E-state index in [1.165, 1.54) is 128 Å². The Morgan fingerprint density at radius 2 is 0.828 bits per heavy atom. The van der Waals surface area contributed by atoms with Gasteiger partial charge in [0.15, 0.2) is 0 Å². The summed E-state index contributed by atoms with van der Waals surface area (Å²) in [6.07, 6.45) is 25.8. The number of hydrogen-bond donors (Lipinski definition) is 0. The molecule has 1 aromatic carbocycles. The maximum atomic E-state index is 2.30. The maximum Gasteiger partial charge on any atom is -0.00248 e. The van der Waals surface area contributed by atoms with E-state index in [1.807, 2.05) is 0 Å². The highest BCUT2D eigenvalue weighted by molar-refractivity contribution is 8.93. The lowest BCUT2D eigenvalue weighted by Crippen LogP contribution is -2.12. The van der Waals surface area contributed by atoms with E-state index in [1.54, 1.807) is 0 Å². The van der Waals surface area contributed by atoms with E-state index in [0.717, 1.165) is 0 Å². The Hall–Kier alpha value is -0.340. The molecule has 1 rings (SSSR count). The topological polar surface area (TPSA) is 3.24 Å². The largest absolute Gasteiger partial charge is 0.309 e. The molecule has 0 aliphatic heterocycles. The van der Waals surface area contributed by atoms with Crippen LogP contribution in [0.25, 0.3) is 0 Å². The Bertz CT molecular complexity index is 418. The van der Waals surface area contributed by atoms with Gasteiger partial charge in [-0.15, -0.1) is 17.0 Å². The van der Waals surface area contributed by atoms with Crippen LogP contribution in [-0.4, -0.2) is 25.5 Å². The van der Waals surface area contributed by atoms with Crippen LogP contribution in [0.15, 0.2) is 30.3 Å². The molecule has 0 bridgehead atoms. The van der Waals surface area contributed by atoms with Crippen LogP contribution in [0.2, 0.25) is 0 Å². The maximum absolute atomic E-state index is 2.30. The van der Waals surface area contributed by atoms with E-state index in [0.29, 0.717) is 0 Å². The van der Waals surface area contributed by atoms with Crippen molar-refractivity contribution in [3.63, 3.8) is 0 Å². The van der Waals surface area contributed by atoms with Crippen molar-refractivity contribution < 1.29 is 0 Å². The minimum Gasteiger partial charge on any atom is -0.309 e. The minimum atomic E-state index is 0. The Kier molecular flexibility index (Phi) is 22.1. The highest BCUT2D eigenvalue weighted by Crippen LogP contribution is 2.14. The molecule has 1 nitrogen and oxygen atoms in total. The molecular formula is C27H50BrN. The number of unbranched alkanes of at least 4 members (excludes halogenated alkanes) is 16. The molecule has 0 fully saturated rings. The summed E-state index contributed by atoms with van der Waals surface area (Å²) in [7, 11) is 4.35. The zero-order chi connectivity index (χ0) is 20.1. The quantitative estimate of drug-likeness (QED) is 0.173. The summed E-state index contributed by atoms with van der Waals surface area (Å²) >= 11 is 0. The predicted octanol–water partition coefficient (Wildman–Crippen LogP) is 9.00. The van der Waals surface area contributed by atoms with Crippen LogP contribution in [-0.2, 0) is 6.42 Å². The van der Waals surface area contributed by atoms with E-state index in [-0.39, 0.29) is 17.0 Å². The summed E-state index contributed by atoms with van der Waals surface area (Å²) in [5.74, 6) is 0. The molecule has 0 radical (unpaired) electrons. The van der Waals surface area contributed by atoms with Gasteiger partial charge in [-0.05, 0) is 45.5 Å². The van der Waals surface area contributed by atoms with Crippen molar-refractivity contribution in [2.45, 2.75) is 116 Å². The minimum absolute atomic E-state index is 0. The zero-order valence-electron chi connectivity index (χ0n) is 19.7. The van der Waals surface area contributed by atoms with E-state index in [2.05, 4.69) is 49.3 Å². The van der Waals surface area contributed by atoms with Crippen molar-refractivity contribution in [2.24, 2.45) is 0 Å². The third-order valence-electron chi connectivity index (χ3n) is 5.91. The van der Waals surface area contributed by atoms with Gasteiger partial charge >= 0.3 is 0 Å². The summed E-state index contributed by atoms with van der Waals surface area (Å²) in [6.45, 7) is 1.26. The lowest BCUT2D eigenvalue weighted by Gasteiger charge is -2.08. The standard InChI is InChI=1S/C27H49N.BrH/c1-28(2)26-22-17-15-13-11-9-7-5-3-4-6-8-10-12-14-16-19-23-27-24-20-18-21-25-27;/h18,20-21,24-25H,3-17,19,22-23,26H2,1-2H3;1H. The van der Waals surface area contributed by atoms with Crippen LogP contribution in [0, 0.1) is 0 Å². The fraction of sp³-hybridized carbons (Fsp3) is 0.778. The van der Waals surface area contributed by atoms with E-state index >= 15 is 0 Å². The van der Waals surface area contributed by atoms with Gasteiger partial charge in [-0.1, -0.05) is 127 Å². The van der Waals surface area contributed by atoms with Gasteiger partial charge in [-0.25, -0.2) is 0 Å². The molecule has 170 valence electrons. The van der Waals surface area contributed by atoms with Crippen molar-refractivity contribution in [3.05, 3.63) is 35.9 Å². The number of aryl methyl sites for hydroxylation is 1. The van der Waals surface area contributed by atoms with Crippen LogP contribution in [0.3, 0.4) is 0 Å². The van der Waals surface area contributed by atoms with E-state index in [4.69, 9.17) is 0 Å². The molecule has 0 saturated heterocycles. The van der Waals surface area contributed by atoms with Gasteiger partial charge in [0, 0.05) is 0 Å². The molecule has 0 unspecified atom stereocenters. The highest BCUT2D eigenvalue weighted by atomic mass is 79.9. The fourth-order valence-electron chi connectivity index (χ4n) is 4.05. The van der Waals surface area contributed by atoms with Crippen LogP contribution < -0.4 is 0 Å². The second-order valence-corrected chi connectivity index (χ2v) is 9.05. The first-order valence-electron chi connectivity index (χ1n) is 12.5. The van der Waals surface area contributed by atoms with Crippen molar-refractivity contribution in [1.29, 1.82) is 0 Å². The smallest absolute Gasteiger partial charge is 0.00248 e. The van der Waals surface area contributed by atoms with Crippen molar-refractivity contribution >= 4 is 17.0 Å². The first-order chi connectivity index (χ1) is 13.8. The Morgan fingerprint density at radius 3 is 1.21 bits per heavy atom. The summed E-state index contributed by atoms with van der Waals surface area (Å²) in [5, 5.41) is 0. The lowest BCUT2D eigenvalue weighted by molar-refractivity contribution is 0.389. The van der Waals surface area contributed by atoms with Gasteiger partial charge in [0.2, 0.25) is 0 Å². The van der Waals surface area contributed by atoms with Crippen LogP contribution in [0.4, 0.5) is 0 Å². The molecule has 0 amide bonds. The van der Waals surface area contributed by atoms with Crippen LogP contribution in [0.5, 0.6) is 0 Å². The molecule has 29 heavy (non-hydrogen) atoms. The number of halogens is 1. The third-order valence-corrected chi connectivity index (χ3v) is 5.91. The summed E-state index contributed by atoms with van der Waals surface area (Å²) in [4.78, 5) is 2.30. The van der Waals surface area contributed by atoms with Crippen molar-refractivity contribution in [2.75, 3.05) is 20.6 Å². The summed E-state index contributed by atoms with van der Waals surface area (Å²) in [5.41, 5.74) is 1.50. The average Bonchev–Trinajstić information content (AvgIpc) is 2.70. The molecule has 1 aromatic rings. The molecular weight excluding hydrogens is 418 g/mol. The van der Waals surface area contributed by atoms with E-state index in [9.17, 15) is 0 Å². The molecule has 2 heteroatoms. The van der Waals surface area contributed by atoms with Crippen molar-refractivity contribution in [3.8, 4) is 0 Å². The Labute approximate surface area is 193 Å². The molecule has 0 aliphatic carbocycles. The van der Waals surface area contributed by atoms with Gasteiger partial charge in [-0.3, -0.25) is 0 Å². The molecule has 0 N–H and O–H groups in total. The highest BCUT2D eigenvalue weighted by Gasteiger charge is 1.96. The molecule has 0 atom stereocenters. The normalized spacial score (nSPS) is 11.0. The van der Waals surface area contributed by atoms with Gasteiger partial charge in [0.05, 0.1) is 0 Å². The van der Waals surface area contributed by atoms with Crippen molar-refractivity contribution in [1.82, 2.24) is 4.90 Å². The molecule has 0 spiro atoms. The molecule has 0 saturated carbocycles.